The van der Waals surface area contributed by atoms with Crippen LogP contribution in [0.5, 0.6) is 5.75 Å². The summed E-state index contributed by atoms with van der Waals surface area (Å²) >= 11 is 3.50. The maximum atomic E-state index is 5.36. The Hall–Kier alpha value is -2.31. The van der Waals surface area contributed by atoms with E-state index in [0.29, 0.717) is 0 Å². The van der Waals surface area contributed by atoms with E-state index >= 15 is 0 Å². The Balaban J connectivity index is 1.43. The average molecular weight is 427 g/mol. The summed E-state index contributed by atoms with van der Waals surface area (Å²) in [5.41, 5.74) is 2.42. The second-order valence-corrected chi connectivity index (χ2v) is 7.60. The minimum absolute atomic E-state index is 0.853. The van der Waals surface area contributed by atoms with Crippen molar-refractivity contribution >= 4 is 21.9 Å². The van der Waals surface area contributed by atoms with Gasteiger partial charge in [-0.1, -0.05) is 34.1 Å². The monoisotopic (exact) mass is 426 g/mol. The lowest BCUT2D eigenvalue weighted by Crippen LogP contribution is -2.46. The van der Waals surface area contributed by atoms with E-state index in [2.05, 4.69) is 65.6 Å². The molecule has 0 bridgehead atoms. The van der Waals surface area contributed by atoms with E-state index in [0.717, 1.165) is 54.6 Å². The van der Waals surface area contributed by atoms with Crippen LogP contribution >= 0.6 is 15.9 Å². The Bertz CT molecular complexity index is 885. The van der Waals surface area contributed by atoms with Crippen LogP contribution in [0.4, 0.5) is 5.95 Å². The number of hydrogen-bond donors (Lipinski definition) is 0. The summed E-state index contributed by atoms with van der Waals surface area (Å²) in [6.45, 7) is 4.99. The predicted molar refractivity (Wildman–Crippen MR) is 112 cm³/mol. The molecule has 1 aliphatic rings. The van der Waals surface area contributed by atoms with Gasteiger partial charge in [-0.05, 0) is 29.8 Å². The number of imidazole rings is 1. The van der Waals surface area contributed by atoms with Gasteiger partial charge in [0.05, 0.1) is 12.8 Å². The van der Waals surface area contributed by atoms with E-state index in [-0.39, 0.29) is 0 Å². The predicted octanol–water partition coefficient (Wildman–Crippen LogP) is 3.97. The molecular weight excluding hydrogens is 404 g/mol. The van der Waals surface area contributed by atoms with Crippen LogP contribution in [0.1, 0.15) is 5.56 Å². The molecular formula is C21H23BrN4O. The second-order valence-electron chi connectivity index (χ2n) is 6.69. The molecule has 5 nitrogen and oxygen atoms in total. The highest BCUT2D eigenvalue weighted by Gasteiger charge is 2.21. The second kappa shape index (κ2) is 8.15. The maximum Gasteiger partial charge on any atom is 0.210 e. The Kier molecular flexibility index (Phi) is 5.45. The molecule has 0 amide bonds. The first-order valence-corrected chi connectivity index (χ1v) is 9.92. The molecule has 1 saturated heterocycles. The molecule has 1 aromatic heterocycles. The van der Waals surface area contributed by atoms with E-state index in [1.165, 1.54) is 5.56 Å². The third-order valence-electron chi connectivity index (χ3n) is 4.93. The summed E-state index contributed by atoms with van der Waals surface area (Å²) in [5.74, 6) is 1.85. The van der Waals surface area contributed by atoms with E-state index < -0.39 is 0 Å². The number of halogens is 1. The molecule has 0 N–H and O–H groups in total. The fourth-order valence-corrected chi connectivity index (χ4v) is 3.71. The molecule has 1 aliphatic heterocycles. The summed E-state index contributed by atoms with van der Waals surface area (Å²) in [7, 11) is 1.69. The van der Waals surface area contributed by atoms with Crippen LogP contribution in [0.2, 0.25) is 0 Å². The Morgan fingerprint density at radius 3 is 2.56 bits per heavy atom. The molecule has 6 heteroatoms. The van der Waals surface area contributed by atoms with Crippen molar-refractivity contribution in [2.45, 2.75) is 6.54 Å². The number of methoxy groups -OCH3 is 1. The lowest BCUT2D eigenvalue weighted by atomic mass is 10.2. The van der Waals surface area contributed by atoms with Crippen LogP contribution in [0, 0.1) is 0 Å². The van der Waals surface area contributed by atoms with Gasteiger partial charge in [0, 0.05) is 55.7 Å². The van der Waals surface area contributed by atoms with Crippen molar-refractivity contribution in [2.24, 2.45) is 0 Å². The van der Waals surface area contributed by atoms with Gasteiger partial charge in [0.1, 0.15) is 5.75 Å². The number of rotatable bonds is 5. The van der Waals surface area contributed by atoms with Crippen LogP contribution in [-0.4, -0.2) is 47.7 Å². The van der Waals surface area contributed by atoms with Crippen molar-refractivity contribution in [1.29, 1.82) is 0 Å². The molecule has 0 spiro atoms. The molecule has 0 saturated carbocycles. The highest BCUT2D eigenvalue weighted by Crippen LogP contribution is 2.23. The van der Waals surface area contributed by atoms with Gasteiger partial charge < -0.3 is 9.64 Å². The molecule has 0 radical (unpaired) electrons. The molecule has 3 aromatic rings. The molecule has 4 rings (SSSR count). The number of benzene rings is 2. The number of hydrogen-bond acceptors (Lipinski definition) is 4. The standard InChI is InChI=1S/C21H23BrN4O/c1-27-20-4-2-3-19(15-20)26-10-9-23-21(26)25-13-11-24(12-14-25)16-17-5-7-18(22)8-6-17/h2-10,15H,11-14,16H2,1H3. The van der Waals surface area contributed by atoms with Gasteiger partial charge in [-0.15, -0.1) is 0 Å². The van der Waals surface area contributed by atoms with Crippen molar-refractivity contribution in [1.82, 2.24) is 14.5 Å². The molecule has 1 fully saturated rings. The molecule has 0 aliphatic carbocycles. The summed E-state index contributed by atoms with van der Waals surface area (Å²) in [6.07, 6.45) is 3.88. The number of nitrogens with zero attached hydrogens (tertiary/aromatic N) is 4. The molecule has 27 heavy (non-hydrogen) atoms. The van der Waals surface area contributed by atoms with Crippen LogP contribution in [-0.2, 0) is 6.54 Å². The quantitative estimate of drug-likeness (QED) is 0.617. The smallest absolute Gasteiger partial charge is 0.210 e. The summed E-state index contributed by atoms with van der Waals surface area (Å²) in [6, 6.07) is 16.7. The first kappa shape index (κ1) is 18.1. The molecule has 0 unspecified atom stereocenters. The first-order valence-electron chi connectivity index (χ1n) is 9.12. The zero-order chi connectivity index (χ0) is 18.6. The third kappa shape index (κ3) is 4.17. The maximum absolute atomic E-state index is 5.36. The summed E-state index contributed by atoms with van der Waals surface area (Å²) < 4.78 is 8.62. The van der Waals surface area contributed by atoms with E-state index in [9.17, 15) is 0 Å². The van der Waals surface area contributed by atoms with E-state index in [1.54, 1.807) is 7.11 Å². The van der Waals surface area contributed by atoms with Crippen LogP contribution in [0.25, 0.3) is 5.69 Å². The number of anilines is 1. The van der Waals surface area contributed by atoms with Gasteiger partial charge in [-0.3, -0.25) is 9.47 Å². The van der Waals surface area contributed by atoms with Crippen molar-refractivity contribution in [3.63, 3.8) is 0 Å². The highest BCUT2D eigenvalue weighted by molar-refractivity contribution is 9.10. The zero-order valence-electron chi connectivity index (χ0n) is 15.4. The summed E-state index contributed by atoms with van der Waals surface area (Å²) in [4.78, 5) is 9.47. The molecule has 140 valence electrons. The molecule has 2 heterocycles. The number of ether oxygens (including phenoxy) is 1. The van der Waals surface area contributed by atoms with Gasteiger partial charge in [0.25, 0.3) is 0 Å². The first-order chi connectivity index (χ1) is 13.2. The normalized spacial score (nSPS) is 15.1. The van der Waals surface area contributed by atoms with Crippen molar-refractivity contribution in [3.8, 4) is 11.4 Å². The minimum atomic E-state index is 0.853. The fourth-order valence-electron chi connectivity index (χ4n) is 3.45. The fraction of sp³-hybridized carbons (Fsp3) is 0.286. The van der Waals surface area contributed by atoms with Crippen molar-refractivity contribution < 1.29 is 4.74 Å². The SMILES string of the molecule is COc1cccc(-n2ccnc2N2CCN(Cc3ccc(Br)cc3)CC2)c1. The zero-order valence-corrected chi connectivity index (χ0v) is 17.0. The van der Waals surface area contributed by atoms with Crippen LogP contribution in [0.3, 0.4) is 0 Å². The lowest BCUT2D eigenvalue weighted by Gasteiger charge is -2.35. The van der Waals surface area contributed by atoms with Gasteiger partial charge in [0.15, 0.2) is 0 Å². The van der Waals surface area contributed by atoms with Gasteiger partial charge in [-0.25, -0.2) is 4.98 Å². The highest BCUT2D eigenvalue weighted by atomic mass is 79.9. The summed E-state index contributed by atoms with van der Waals surface area (Å²) in [5, 5.41) is 0. The van der Waals surface area contributed by atoms with Gasteiger partial charge in [-0.2, -0.15) is 0 Å². The third-order valence-corrected chi connectivity index (χ3v) is 5.46. The van der Waals surface area contributed by atoms with E-state index in [1.807, 2.05) is 30.6 Å². The van der Waals surface area contributed by atoms with Crippen LogP contribution < -0.4 is 9.64 Å². The molecule has 2 aromatic carbocycles. The Morgan fingerprint density at radius 1 is 1.04 bits per heavy atom. The van der Waals surface area contributed by atoms with Crippen LogP contribution in [0.15, 0.2) is 65.4 Å². The van der Waals surface area contributed by atoms with Gasteiger partial charge in [0.2, 0.25) is 5.95 Å². The lowest BCUT2D eigenvalue weighted by molar-refractivity contribution is 0.248. The molecule has 0 atom stereocenters. The van der Waals surface area contributed by atoms with Crippen molar-refractivity contribution in [2.75, 3.05) is 38.2 Å². The largest absolute Gasteiger partial charge is 0.497 e. The minimum Gasteiger partial charge on any atom is -0.497 e. The average Bonchev–Trinajstić information content (AvgIpc) is 3.20. The Labute approximate surface area is 168 Å². The topological polar surface area (TPSA) is 33.5 Å². The number of aromatic nitrogens is 2. The van der Waals surface area contributed by atoms with Gasteiger partial charge >= 0.3 is 0 Å². The number of piperazine rings is 1. The van der Waals surface area contributed by atoms with Crippen molar-refractivity contribution in [3.05, 3.63) is 71.0 Å². The van der Waals surface area contributed by atoms with E-state index in [4.69, 9.17) is 4.74 Å². The Morgan fingerprint density at radius 2 is 1.81 bits per heavy atom.